The van der Waals surface area contributed by atoms with Gasteiger partial charge in [0.05, 0.1) is 6.10 Å². The van der Waals surface area contributed by atoms with Crippen LogP contribution >= 0.6 is 15.9 Å². The number of hydrogen-bond donors (Lipinski definition) is 1. The van der Waals surface area contributed by atoms with Gasteiger partial charge in [-0.05, 0) is 12.0 Å². The van der Waals surface area contributed by atoms with Crippen LogP contribution in [-0.4, -0.2) is 11.2 Å². The van der Waals surface area contributed by atoms with Crippen molar-refractivity contribution in [3.8, 4) is 0 Å². The second kappa shape index (κ2) is 4.80. The van der Waals surface area contributed by atoms with Crippen molar-refractivity contribution in [1.82, 2.24) is 0 Å². The van der Waals surface area contributed by atoms with Gasteiger partial charge in [-0.3, -0.25) is 0 Å². The van der Waals surface area contributed by atoms with Crippen LogP contribution in [0.15, 0.2) is 16.8 Å². The Morgan fingerprint density at radius 2 is 2.11 bits per heavy atom. The zero-order valence-corrected chi connectivity index (χ0v) is 7.22. The van der Waals surface area contributed by atoms with Crippen LogP contribution < -0.4 is 0 Å². The van der Waals surface area contributed by atoms with E-state index in [1.807, 2.05) is 13.8 Å². The molecule has 1 nitrogen and oxygen atoms in total. The molecule has 0 saturated heterocycles. The standard InChI is InChI=1S/C7H11BrO/c1-6(2)7(9)4-3-5-8/h4-7,9H,1-2H3/t3?,7-/m0/s1. The highest BCUT2D eigenvalue weighted by molar-refractivity contribution is 9.11. The van der Waals surface area contributed by atoms with Gasteiger partial charge >= 0.3 is 0 Å². The van der Waals surface area contributed by atoms with Crippen LogP contribution in [0.25, 0.3) is 0 Å². The van der Waals surface area contributed by atoms with E-state index >= 15 is 0 Å². The first kappa shape index (κ1) is 8.96. The summed E-state index contributed by atoms with van der Waals surface area (Å²) in [5, 5.41) is 9.10. The van der Waals surface area contributed by atoms with Crippen LogP contribution in [0.5, 0.6) is 0 Å². The first-order valence-corrected chi connectivity index (χ1v) is 3.79. The highest BCUT2D eigenvalue weighted by atomic mass is 79.9. The van der Waals surface area contributed by atoms with Crippen molar-refractivity contribution >= 4 is 15.9 Å². The molecule has 0 spiro atoms. The van der Waals surface area contributed by atoms with E-state index in [0.29, 0.717) is 0 Å². The summed E-state index contributed by atoms with van der Waals surface area (Å²) in [6.45, 7) is 3.91. The van der Waals surface area contributed by atoms with E-state index in [4.69, 9.17) is 5.11 Å². The average Bonchev–Trinajstić information content (AvgIpc) is 1.82. The van der Waals surface area contributed by atoms with Crippen LogP contribution in [0.1, 0.15) is 13.8 Å². The molecule has 0 aromatic rings. The minimum Gasteiger partial charge on any atom is -0.388 e. The molecule has 0 unspecified atom stereocenters. The topological polar surface area (TPSA) is 20.2 Å². The van der Waals surface area contributed by atoms with Crippen molar-refractivity contribution in [1.29, 1.82) is 0 Å². The molecule has 0 heterocycles. The summed E-state index contributed by atoms with van der Waals surface area (Å²) in [6, 6.07) is 0. The minimum absolute atomic E-state index is 0.268. The van der Waals surface area contributed by atoms with Crippen molar-refractivity contribution in [3.63, 3.8) is 0 Å². The molecular formula is C7H11BrO. The van der Waals surface area contributed by atoms with Gasteiger partial charge in [0.1, 0.15) is 0 Å². The zero-order chi connectivity index (χ0) is 7.28. The number of aliphatic hydroxyl groups excluding tert-OH is 1. The van der Waals surface area contributed by atoms with Crippen LogP contribution in [0.3, 0.4) is 0 Å². The molecule has 0 amide bonds. The summed E-state index contributed by atoms with van der Waals surface area (Å²) in [5.41, 5.74) is 2.75. The minimum atomic E-state index is -0.376. The molecule has 0 radical (unpaired) electrons. The van der Waals surface area contributed by atoms with Crippen molar-refractivity contribution in [3.05, 3.63) is 16.8 Å². The molecule has 0 rings (SSSR count). The molecule has 52 valence electrons. The molecule has 0 aromatic carbocycles. The van der Waals surface area contributed by atoms with Crippen molar-refractivity contribution in [2.45, 2.75) is 20.0 Å². The Morgan fingerprint density at radius 3 is 2.44 bits per heavy atom. The van der Waals surface area contributed by atoms with Crippen LogP contribution in [0.2, 0.25) is 0 Å². The Balaban J connectivity index is 3.76. The van der Waals surface area contributed by atoms with Crippen molar-refractivity contribution in [2.75, 3.05) is 0 Å². The van der Waals surface area contributed by atoms with E-state index in [0.717, 1.165) is 0 Å². The van der Waals surface area contributed by atoms with E-state index < -0.39 is 0 Å². The van der Waals surface area contributed by atoms with E-state index in [1.54, 1.807) is 11.1 Å². The second-order valence-electron chi connectivity index (χ2n) is 2.18. The van der Waals surface area contributed by atoms with Gasteiger partial charge < -0.3 is 5.11 Å². The molecule has 1 atom stereocenters. The zero-order valence-electron chi connectivity index (χ0n) is 5.63. The average molecular weight is 191 g/mol. The summed E-state index contributed by atoms with van der Waals surface area (Å²) in [5.74, 6) is 0.268. The molecule has 0 saturated carbocycles. The Bertz CT molecular complexity index is 123. The lowest BCUT2D eigenvalue weighted by Gasteiger charge is -2.06. The summed E-state index contributed by atoms with van der Waals surface area (Å²) in [6.07, 6.45) is 1.25. The van der Waals surface area contributed by atoms with Gasteiger partial charge in [0.15, 0.2) is 0 Å². The smallest absolute Gasteiger partial charge is 0.0817 e. The van der Waals surface area contributed by atoms with E-state index in [-0.39, 0.29) is 12.0 Å². The van der Waals surface area contributed by atoms with Crippen LogP contribution in [-0.2, 0) is 0 Å². The van der Waals surface area contributed by atoms with Gasteiger partial charge in [0.2, 0.25) is 0 Å². The normalized spacial score (nSPS) is 12.6. The molecule has 0 fully saturated rings. The number of aliphatic hydroxyl groups is 1. The molecule has 0 aliphatic rings. The highest BCUT2D eigenvalue weighted by Gasteiger charge is 2.01. The van der Waals surface area contributed by atoms with E-state index in [2.05, 4.69) is 21.7 Å². The fraction of sp³-hybridized carbons (Fsp3) is 0.571. The lowest BCUT2D eigenvalue weighted by atomic mass is 10.1. The summed E-state index contributed by atoms with van der Waals surface area (Å²) in [7, 11) is 0. The molecule has 0 bridgehead atoms. The lowest BCUT2D eigenvalue weighted by Crippen LogP contribution is -2.09. The van der Waals surface area contributed by atoms with Crippen LogP contribution in [0, 0.1) is 5.92 Å². The molecule has 9 heavy (non-hydrogen) atoms. The summed E-state index contributed by atoms with van der Waals surface area (Å²) in [4.78, 5) is 1.60. The maximum Gasteiger partial charge on any atom is 0.0817 e. The maximum atomic E-state index is 9.10. The Labute approximate surface area is 64.2 Å². The summed E-state index contributed by atoms with van der Waals surface area (Å²) >= 11 is 3.05. The highest BCUT2D eigenvalue weighted by Crippen LogP contribution is 2.00. The van der Waals surface area contributed by atoms with Crippen molar-refractivity contribution in [2.24, 2.45) is 5.92 Å². The number of hydrogen-bond acceptors (Lipinski definition) is 1. The fourth-order valence-corrected chi connectivity index (χ4v) is 0.480. The third-order valence-electron chi connectivity index (χ3n) is 1.01. The van der Waals surface area contributed by atoms with Gasteiger partial charge in [-0.25, -0.2) is 0 Å². The predicted octanol–water partition coefficient (Wildman–Crippen LogP) is 2.07. The van der Waals surface area contributed by atoms with E-state index in [9.17, 15) is 0 Å². The first-order chi connectivity index (χ1) is 4.18. The van der Waals surface area contributed by atoms with Gasteiger partial charge in [-0.2, -0.15) is 0 Å². The monoisotopic (exact) mass is 190 g/mol. The Kier molecular flexibility index (Phi) is 4.78. The molecule has 0 aliphatic carbocycles. The number of rotatable bonds is 2. The molecular weight excluding hydrogens is 180 g/mol. The third-order valence-corrected chi connectivity index (χ3v) is 1.28. The molecule has 2 heteroatoms. The van der Waals surface area contributed by atoms with E-state index in [1.165, 1.54) is 0 Å². The molecule has 0 aromatic heterocycles. The maximum absolute atomic E-state index is 9.10. The largest absolute Gasteiger partial charge is 0.388 e. The lowest BCUT2D eigenvalue weighted by molar-refractivity contribution is 0.172. The molecule has 1 N–H and O–H groups in total. The van der Waals surface area contributed by atoms with Gasteiger partial charge in [-0.1, -0.05) is 29.8 Å². The Hall–Kier alpha value is -0.0400. The first-order valence-electron chi connectivity index (χ1n) is 2.88. The van der Waals surface area contributed by atoms with Crippen LogP contribution in [0.4, 0.5) is 0 Å². The van der Waals surface area contributed by atoms with Gasteiger partial charge in [0.25, 0.3) is 0 Å². The van der Waals surface area contributed by atoms with Crippen molar-refractivity contribution < 1.29 is 5.11 Å². The van der Waals surface area contributed by atoms with Gasteiger partial charge in [-0.15, -0.1) is 5.73 Å². The Morgan fingerprint density at radius 1 is 1.56 bits per heavy atom. The quantitative estimate of drug-likeness (QED) is 0.662. The van der Waals surface area contributed by atoms with Gasteiger partial charge in [0, 0.05) is 4.99 Å². The third kappa shape index (κ3) is 4.46. The fourth-order valence-electron chi connectivity index (χ4n) is 0.327. The summed E-state index contributed by atoms with van der Waals surface area (Å²) < 4.78 is 0. The predicted molar refractivity (Wildman–Crippen MR) is 42.4 cm³/mol. The molecule has 0 aliphatic heterocycles. The SMILES string of the molecule is CC(C)[C@@H](O)C=C=CBr. The second-order valence-corrected chi connectivity index (χ2v) is 2.63. The number of halogens is 1.